The summed E-state index contributed by atoms with van der Waals surface area (Å²) in [4.78, 5) is 20.6. The summed E-state index contributed by atoms with van der Waals surface area (Å²) in [6.45, 7) is 4.82. The second-order valence-corrected chi connectivity index (χ2v) is 5.76. The highest BCUT2D eigenvalue weighted by Gasteiger charge is 2.22. The summed E-state index contributed by atoms with van der Waals surface area (Å²) in [5.74, 6) is 0.864. The van der Waals surface area contributed by atoms with Gasteiger partial charge in [0.2, 0.25) is 0 Å². The minimum absolute atomic E-state index is 0.0692. The lowest BCUT2D eigenvalue weighted by atomic mass is 10.2. The number of nitrogens with one attached hydrogen (secondary N) is 1. The Morgan fingerprint density at radius 1 is 1.17 bits per heavy atom. The van der Waals surface area contributed by atoms with Crippen molar-refractivity contribution in [2.75, 3.05) is 43.5 Å². The normalized spacial score (nSPS) is 14.4. The quantitative estimate of drug-likeness (QED) is 0.942. The number of aryl methyl sites for hydroxylation is 1. The number of hydrogen-bond donors (Lipinski definition) is 1. The Bertz CT molecular complexity index is 712. The summed E-state index contributed by atoms with van der Waals surface area (Å²) in [6.07, 6.45) is 1.70. The summed E-state index contributed by atoms with van der Waals surface area (Å²) in [5, 5.41) is 2.93. The molecule has 1 aromatic heterocycles. The molecule has 1 aliphatic rings. The topological polar surface area (TPSA) is 57.7 Å². The number of para-hydroxylation sites is 2. The zero-order chi connectivity index (χ0) is 16.9. The molecule has 0 saturated carbocycles. The molecule has 1 aliphatic heterocycles. The molecule has 0 atom stereocenters. The largest absolute Gasteiger partial charge is 0.495 e. The average molecular weight is 326 g/mol. The third kappa shape index (κ3) is 3.59. The Morgan fingerprint density at radius 2 is 1.92 bits per heavy atom. The third-order valence-electron chi connectivity index (χ3n) is 4.14. The van der Waals surface area contributed by atoms with Gasteiger partial charge in [-0.05, 0) is 31.2 Å². The minimum atomic E-state index is -0.0692. The van der Waals surface area contributed by atoms with Crippen LogP contribution in [0.1, 0.15) is 5.69 Å². The number of carbonyl (C=O) groups is 1. The number of urea groups is 1. The molecule has 126 valence electrons. The minimum Gasteiger partial charge on any atom is -0.495 e. The van der Waals surface area contributed by atoms with Crippen molar-refractivity contribution in [1.29, 1.82) is 0 Å². The Hall–Kier alpha value is -2.76. The Morgan fingerprint density at radius 3 is 2.62 bits per heavy atom. The van der Waals surface area contributed by atoms with Crippen molar-refractivity contribution in [3.8, 4) is 5.75 Å². The fraction of sp³-hybridized carbons (Fsp3) is 0.333. The van der Waals surface area contributed by atoms with E-state index in [4.69, 9.17) is 4.74 Å². The Balaban J connectivity index is 1.59. The number of ether oxygens (including phenoxy) is 1. The lowest BCUT2D eigenvalue weighted by molar-refractivity contribution is 0.208. The number of piperazine rings is 1. The highest BCUT2D eigenvalue weighted by molar-refractivity contribution is 5.89. The molecule has 1 saturated heterocycles. The zero-order valence-electron chi connectivity index (χ0n) is 14.0. The van der Waals surface area contributed by atoms with Crippen LogP contribution >= 0.6 is 0 Å². The summed E-state index contributed by atoms with van der Waals surface area (Å²) in [7, 11) is 1.68. The maximum atomic E-state index is 12.4. The van der Waals surface area contributed by atoms with Gasteiger partial charge in [-0.3, -0.25) is 4.98 Å². The van der Waals surface area contributed by atoms with E-state index in [2.05, 4.69) is 15.2 Å². The van der Waals surface area contributed by atoms with E-state index in [0.29, 0.717) is 13.1 Å². The van der Waals surface area contributed by atoms with Crippen LogP contribution in [0.2, 0.25) is 0 Å². The van der Waals surface area contributed by atoms with Gasteiger partial charge in [0.05, 0.1) is 12.8 Å². The molecule has 0 bridgehead atoms. The molecule has 3 rings (SSSR count). The lowest BCUT2D eigenvalue weighted by Gasteiger charge is -2.36. The molecule has 6 nitrogen and oxygen atoms in total. The molecular formula is C18H22N4O2. The predicted octanol–water partition coefficient (Wildman–Crippen LogP) is 2.75. The summed E-state index contributed by atoms with van der Waals surface area (Å²) >= 11 is 0. The number of amides is 2. The first-order valence-electron chi connectivity index (χ1n) is 8.04. The van der Waals surface area contributed by atoms with E-state index in [1.807, 2.05) is 42.2 Å². The van der Waals surface area contributed by atoms with E-state index in [-0.39, 0.29) is 6.03 Å². The molecule has 1 N–H and O–H groups in total. The van der Waals surface area contributed by atoms with Crippen LogP contribution in [0.15, 0.2) is 42.6 Å². The Labute approximate surface area is 142 Å². The van der Waals surface area contributed by atoms with Crippen molar-refractivity contribution in [2.24, 2.45) is 0 Å². The Kier molecular flexibility index (Phi) is 4.84. The second kappa shape index (κ2) is 7.21. The van der Waals surface area contributed by atoms with Crippen LogP contribution in [-0.2, 0) is 0 Å². The molecule has 0 spiro atoms. The number of pyridine rings is 1. The summed E-state index contributed by atoms with van der Waals surface area (Å²) in [6, 6.07) is 11.6. The molecule has 2 aromatic rings. The number of methoxy groups -OCH3 is 1. The van der Waals surface area contributed by atoms with Gasteiger partial charge in [0.25, 0.3) is 0 Å². The van der Waals surface area contributed by atoms with Gasteiger partial charge in [-0.1, -0.05) is 12.1 Å². The fourth-order valence-corrected chi connectivity index (χ4v) is 2.87. The number of rotatable bonds is 3. The monoisotopic (exact) mass is 326 g/mol. The first kappa shape index (κ1) is 16.1. The van der Waals surface area contributed by atoms with Crippen LogP contribution in [0.3, 0.4) is 0 Å². The van der Waals surface area contributed by atoms with Crippen molar-refractivity contribution in [3.05, 3.63) is 48.3 Å². The van der Waals surface area contributed by atoms with Crippen LogP contribution in [-0.4, -0.2) is 49.2 Å². The van der Waals surface area contributed by atoms with Gasteiger partial charge < -0.3 is 19.9 Å². The van der Waals surface area contributed by atoms with E-state index in [0.717, 1.165) is 35.9 Å². The van der Waals surface area contributed by atoms with E-state index in [1.54, 1.807) is 19.4 Å². The SMILES string of the molecule is COc1ccccc1N1CCN(C(=O)Nc2ccnc(C)c2)CC1. The van der Waals surface area contributed by atoms with E-state index < -0.39 is 0 Å². The number of carbonyl (C=O) groups excluding carboxylic acids is 1. The van der Waals surface area contributed by atoms with Crippen molar-refractivity contribution >= 4 is 17.4 Å². The molecular weight excluding hydrogens is 304 g/mol. The first-order valence-corrected chi connectivity index (χ1v) is 8.04. The van der Waals surface area contributed by atoms with Crippen molar-refractivity contribution < 1.29 is 9.53 Å². The number of anilines is 2. The molecule has 2 amide bonds. The standard InChI is InChI=1S/C18H22N4O2/c1-14-13-15(7-8-19-14)20-18(23)22-11-9-21(10-12-22)16-5-3-4-6-17(16)24-2/h3-8,13H,9-12H2,1-2H3,(H,19,20,23). The van der Waals surface area contributed by atoms with Crippen LogP contribution in [0.25, 0.3) is 0 Å². The smallest absolute Gasteiger partial charge is 0.321 e. The van der Waals surface area contributed by atoms with Gasteiger partial charge in [-0.15, -0.1) is 0 Å². The summed E-state index contributed by atoms with van der Waals surface area (Å²) in [5.41, 5.74) is 2.73. The molecule has 24 heavy (non-hydrogen) atoms. The van der Waals surface area contributed by atoms with Gasteiger partial charge in [0.15, 0.2) is 0 Å². The number of nitrogens with zero attached hydrogens (tertiary/aromatic N) is 3. The van der Waals surface area contributed by atoms with Crippen LogP contribution in [0, 0.1) is 6.92 Å². The van der Waals surface area contributed by atoms with E-state index >= 15 is 0 Å². The third-order valence-corrected chi connectivity index (χ3v) is 4.14. The number of hydrogen-bond acceptors (Lipinski definition) is 4. The van der Waals surface area contributed by atoms with Gasteiger partial charge in [0, 0.05) is 43.8 Å². The highest BCUT2D eigenvalue weighted by atomic mass is 16.5. The second-order valence-electron chi connectivity index (χ2n) is 5.76. The molecule has 1 aromatic carbocycles. The van der Waals surface area contributed by atoms with Crippen LogP contribution in [0.5, 0.6) is 5.75 Å². The highest BCUT2D eigenvalue weighted by Crippen LogP contribution is 2.28. The van der Waals surface area contributed by atoms with Crippen molar-refractivity contribution in [1.82, 2.24) is 9.88 Å². The van der Waals surface area contributed by atoms with Crippen molar-refractivity contribution in [3.63, 3.8) is 0 Å². The number of aromatic nitrogens is 1. The maximum Gasteiger partial charge on any atom is 0.321 e. The predicted molar refractivity (Wildman–Crippen MR) is 94.8 cm³/mol. The molecule has 6 heteroatoms. The first-order chi connectivity index (χ1) is 11.7. The maximum absolute atomic E-state index is 12.4. The molecule has 0 radical (unpaired) electrons. The van der Waals surface area contributed by atoms with E-state index in [1.165, 1.54) is 0 Å². The zero-order valence-corrected chi connectivity index (χ0v) is 14.0. The molecule has 0 unspecified atom stereocenters. The molecule has 1 fully saturated rings. The summed E-state index contributed by atoms with van der Waals surface area (Å²) < 4.78 is 5.42. The molecule has 0 aliphatic carbocycles. The van der Waals surface area contributed by atoms with Gasteiger partial charge >= 0.3 is 6.03 Å². The average Bonchev–Trinajstić information content (AvgIpc) is 2.62. The fourth-order valence-electron chi connectivity index (χ4n) is 2.87. The van der Waals surface area contributed by atoms with Gasteiger partial charge in [0.1, 0.15) is 5.75 Å². The number of benzene rings is 1. The molecule has 2 heterocycles. The van der Waals surface area contributed by atoms with Crippen molar-refractivity contribution in [2.45, 2.75) is 6.92 Å². The van der Waals surface area contributed by atoms with Crippen LogP contribution in [0.4, 0.5) is 16.2 Å². The lowest BCUT2D eigenvalue weighted by Crippen LogP contribution is -2.50. The van der Waals surface area contributed by atoms with E-state index in [9.17, 15) is 4.79 Å². The van der Waals surface area contributed by atoms with Crippen LogP contribution < -0.4 is 15.0 Å². The van der Waals surface area contributed by atoms with Gasteiger partial charge in [-0.2, -0.15) is 0 Å². The van der Waals surface area contributed by atoms with Gasteiger partial charge in [-0.25, -0.2) is 4.79 Å².